The van der Waals surface area contributed by atoms with E-state index in [0.29, 0.717) is 6.42 Å². The molecule has 0 aromatic heterocycles. The van der Waals surface area contributed by atoms with E-state index >= 15 is 0 Å². The summed E-state index contributed by atoms with van der Waals surface area (Å²) in [6.45, 7) is 0. The van der Waals surface area contributed by atoms with E-state index in [-0.39, 0.29) is 24.5 Å². The zero-order valence-electron chi connectivity index (χ0n) is 8.76. The van der Waals surface area contributed by atoms with Gasteiger partial charge in [-0.3, -0.25) is 4.79 Å². The third kappa shape index (κ3) is 1.70. The van der Waals surface area contributed by atoms with Gasteiger partial charge in [-0.1, -0.05) is 30.3 Å². The van der Waals surface area contributed by atoms with Gasteiger partial charge in [0.15, 0.2) is 12.6 Å². The summed E-state index contributed by atoms with van der Waals surface area (Å²) in [5.74, 6) is 0.0837. The lowest BCUT2D eigenvalue weighted by atomic mass is 10.1. The number of rotatable bonds is 2. The number of ether oxygens (including phenoxy) is 2. The molecular formula is C12H13NO3. The molecule has 2 fully saturated rings. The molecule has 2 saturated heterocycles. The van der Waals surface area contributed by atoms with E-state index in [2.05, 4.69) is 5.32 Å². The molecule has 0 unspecified atom stereocenters. The summed E-state index contributed by atoms with van der Waals surface area (Å²) in [6.07, 6.45) is 0.815. The molecule has 1 atom stereocenters. The molecule has 1 amide bonds. The SMILES string of the molecule is O=C1CC[C@@H](C2OC(c3ccccc3)O2)N1. The Kier molecular flexibility index (Phi) is 2.38. The Hall–Kier alpha value is -1.39. The standard InChI is InChI=1S/C12H13NO3/c14-10-7-6-9(13-10)12-15-11(16-12)8-4-2-1-3-5-8/h1-5,9,11-12H,6-7H2,(H,13,14)/t9-,11?,12?/m0/s1. The fourth-order valence-corrected chi connectivity index (χ4v) is 2.05. The Morgan fingerprint density at radius 2 is 1.94 bits per heavy atom. The van der Waals surface area contributed by atoms with Gasteiger partial charge in [-0.2, -0.15) is 0 Å². The maximum absolute atomic E-state index is 11.0. The minimum absolute atomic E-state index is 0.0208. The van der Waals surface area contributed by atoms with Gasteiger partial charge in [0.25, 0.3) is 0 Å². The average molecular weight is 219 g/mol. The predicted octanol–water partition coefficient (Wildman–Crippen LogP) is 1.34. The number of hydrogen-bond donors (Lipinski definition) is 1. The van der Waals surface area contributed by atoms with Crippen molar-refractivity contribution < 1.29 is 14.3 Å². The lowest BCUT2D eigenvalue weighted by Crippen LogP contribution is -2.48. The number of carbonyl (C=O) groups excluding carboxylic acids is 1. The van der Waals surface area contributed by atoms with Crippen molar-refractivity contribution in [1.82, 2.24) is 5.32 Å². The molecule has 0 saturated carbocycles. The molecule has 2 aliphatic heterocycles. The van der Waals surface area contributed by atoms with Crippen LogP contribution >= 0.6 is 0 Å². The molecule has 0 spiro atoms. The first-order valence-electron chi connectivity index (χ1n) is 5.48. The largest absolute Gasteiger partial charge is 0.348 e. The van der Waals surface area contributed by atoms with Crippen LogP contribution in [0.25, 0.3) is 0 Å². The molecular weight excluding hydrogens is 206 g/mol. The quantitative estimate of drug-likeness (QED) is 0.816. The summed E-state index contributed by atoms with van der Waals surface area (Å²) in [5.41, 5.74) is 1.02. The van der Waals surface area contributed by atoms with Crippen LogP contribution in [0, 0.1) is 0 Å². The molecule has 0 bridgehead atoms. The molecule has 4 heteroatoms. The van der Waals surface area contributed by atoms with Gasteiger partial charge in [0, 0.05) is 12.0 Å². The van der Waals surface area contributed by atoms with Crippen LogP contribution in [0.1, 0.15) is 24.7 Å². The van der Waals surface area contributed by atoms with Crippen molar-refractivity contribution in [2.45, 2.75) is 31.5 Å². The summed E-state index contributed by atoms with van der Waals surface area (Å²) in [5, 5.41) is 2.84. The van der Waals surface area contributed by atoms with Gasteiger partial charge in [0.1, 0.15) is 0 Å². The van der Waals surface area contributed by atoms with E-state index in [1.165, 1.54) is 0 Å². The van der Waals surface area contributed by atoms with Crippen LogP contribution in [0.5, 0.6) is 0 Å². The van der Waals surface area contributed by atoms with E-state index in [1.807, 2.05) is 30.3 Å². The van der Waals surface area contributed by atoms with Crippen molar-refractivity contribution >= 4 is 5.91 Å². The summed E-state index contributed by atoms with van der Waals surface area (Å²) in [7, 11) is 0. The summed E-state index contributed by atoms with van der Waals surface area (Å²) in [6, 6.07) is 9.81. The van der Waals surface area contributed by atoms with E-state index in [4.69, 9.17) is 9.47 Å². The van der Waals surface area contributed by atoms with Crippen molar-refractivity contribution in [3.05, 3.63) is 35.9 Å². The molecule has 1 aromatic carbocycles. The van der Waals surface area contributed by atoms with Gasteiger partial charge in [0.2, 0.25) is 5.91 Å². The minimum atomic E-state index is -0.281. The zero-order valence-corrected chi connectivity index (χ0v) is 8.76. The Balaban J connectivity index is 1.57. The van der Waals surface area contributed by atoms with Crippen molar-refractivity contribution in [3.8, 4) is 0 Å². The van der Waals surface area contributed by atoms with Gasteiger partial charge in [-0.05, 0) is 6.42 Å². The molecule has 3 rings (SSSR count). The van der Waals surface area contributed by atoms with Gasteiger partial charge in [0.05, 0.1) is 6.04 Å². The number of amides is 1. The van der Waals surface area contributed by atoms with Crippen LogP contribution < -0.4 is 5.32 Å². The number of benzene rings is 1. The lowest BCUT2D eigenvalue weighted by Gasteiger charge is -2.39. The van der Waals surface area contributed by atoms with E-state index < -0.39 is 0 Å². The molecule has 2 aliphatic rings. The molecule has 0 radical (unpaired) electrons. The first-order chi connectivity index (χ1) is 7.83. The highest BCUT2D eigenvalue weighted by Gasteiger charge is 2.40. The maximum atomic E-state index is 11.0. The van der Waals surface area contributed by atoms with E-state index in [0.717, 1.165) is 12.0 Å². The predicted molar refractivity (Wildman–Crippen MR) is 56.3 cm³/mol. The first kappa shape index (κ1) is 9.81. The van der Waals surface area contributed by atoms with Crippen molar-refractivity contribution in [2.24, 2.45) is 0 Å². The number of carbonyl (C=O) groups is 1. The fraction of sp³-hybridized carbons (Fsp3) is 0.417. The minimum Gasteiger partial charge on any atom is -0.348 e. The third-order valence-corrected chi connectivity index (χ3v) is 2.94. The first-order valence-corrected chi connectivity index (χ1v) is 5.48. The van der Waals surface area contributed by atoms with Gasteiger partial charge in [-0.25, -0.2) is 0 Å². The lowest BCUT2D eigenvalue weighted by molar-refractivity contribution is -0.396. The summed E-state index contributed by atoms with van der Waals surface area (Å²) >= 11 is 0. The Labute approximate surface area is 93.5 Å². The summed E-state index contributed by atoms with van der Waals surface area (Å²) < 4.78 is 11.2. The van der Waals surface area contributed by atoms with E-state index in [1.54, 1.807) is 0 Å². The smallest absolute Gasteiger partial charge is 0.220 e. The Bertz CT molecular complexity index is 387. The topological polar surface area (TPSA) is 47.6 Å². The average Bonchev–Trinajstić information content (AvgIpc) is 2.64. The number of hydrogen-bond acceptors (Lipinski definition) is 3. The normalized spacial score (nSPS) is 33.2. The second kappa shape index (κ2) is 3.88. The molecule has 84 valence electrons. The highest BCUT2D eigenvalue weighted by Crippen LogP contribution is 2.34. The molecule has 2 heterocycles. The van der Waals surface area contributed by atoms with Crippen LogP contribution in [0.3, 0.4) is 0 Å². The molecule has 4 nitrogen and oxygen atoms in total. The van der Waals surface area contributed by atoms with Crippen molar-refractivity contribution in [1.29, 1.82) is 0 Å². The van der Waals surface area contributed by atoms with Crippen molar-refractivity contribution in [2.75, 3.05) is 0 Å². The second-order valence-corrected chi connectivity index (χ2v) is 4.10. The monoisotopic (exact) mass is 219 g/mol. The van der Waals surface area contributed by atoms with Crippen LogP contribution in [0.15, 0.2) is 30.3 Å². The van der Waals surface area contributed by atoms with Gasteiger partial charge >= 0.3 is 0 Å². The molecule has 0 aliphatic carbocycles. The van der Waals surface area contributed by atoms with Crippen LogP contribution in [0.4, 0.5) is 0 Å². The second-order valence-electron chi connectivity index (χ2n) is 4.10. The van der Waals surface area contributed by atoms with Gasteiger partial charge in [-0.15, -0.1) is 0 Å². The number of nitrogens with one attached hydrogen (secondary N) is 1. The third-order valence-electron chi connectivity index (χ3n) is 2.94. The zero-order chi connectivity index (χ0) is 11.0. The van der Waals surface area contributed by atoms with E-state index in [9.17, 15) is 4.79 Å². The van der Waals surface area contributed by atoms with Gasteiger partial charge < -0.3 is 14.8 Å². The highest BCUT2D eigenvalue weighted by atomic mass is 16.9. The molecule has 1 N–H and O–H groups in total. The summed E-state index contributed by atoms with van der Waals surface area (Å²) in [4.78, 5) is 11.0. The van der Waals surface area contributed by atoms with Crippen LogP contribution in [-0.2, 0) is 14.3 Å². The fourth-order valence-electron chi connectivity index (χ4n) is 2.05. The van der Waals surface area contributed by atoms with Crippen molar-refractivity contribution in [3.63, 3.8) is 0 Å². The Morgan fingerprint density at radius 1 is 1.19 bits per heavy atom. The van der Waals surface area contributed by atoms with Crippen LogP contribution in [-0.4, -0.2) is 18.2 Å². The van der Waals surface area contributed by atoms with Crippen LogP contribution in [0.2, 0.25) is 0 Å². The molecule has 16 heavy (non-hydrogen) atoms. The highest BCUT2D eigenvalue weighted by molar-refractivity contribution is 5.78. The molecule has 1 aromatic rings. The maximum Gasteiger partial charge on any atom is 0.220 e. The Morgan fingerprint density at radius 3 is 2.56 bits per heavy atom.